The maximum atomic E-state index is 11.8. The van der Waals surface area contributed by atoms with E-state index in [0.717, 1.165) is 13.1 Å². The Morgan fingerprint density at radius 1 is 1.60 bits per heavy atom. The molecule has 106 valence electrons. The molecule has 1 aliphatic rings. The number of fused-ring (bicyclic) bond motifs is 1. The second-order valence-electron chi connectivity index (χ2n) is 5.10. The molecule has 0 aromatic carbocycles. The molecule has 3 heterocycles. The Hall–Kier alpha value is -1.80. The number of carbonyl (C=O) groups is 1. The largest absolute Gasteiger partial charge is 0.481 e. The molecule has 3 rings (SSSR count). The first-order valence-electron chi connectivity index (χ1n) is 6.32. The average molecular weight is 294 g/mol. The van der Waals surface area contributed by atoms with Crippen molar-refractivity contribution < 1.29 is 9.90 Å². The van der Waals surface area contributed by atoms with Gasteiger partial charge in [-0.15, -0.1) is 0 Å². The van der Waals surface area contributed by atoms with Gasteiger partial charge in [0.15, 0.2) is 0 Å². The van der Waals surface area contributed by atoms with Crippen molar-refractivity contribution in [3.8, 4) is 0 Å². The number of carboxylic acids is 1. The summed E-state index contributed by atoms with van der Waals surface area (Å²) in [5.74, 6) is -0.897. The van der Waals surface area contributed by atoms with Crippen molar-refractivity contribution >= 4 is 22.3 Å². The molecule has 2 aromatic heterocycles. The Kier molecular flexibility index (Phi) is 3.27. The zero-order valence-electron chi connectivity index (χ0n) is 10.9. The van der Waals surface area contributed by atoms with E-state index in [1.807, 2.05) is 0 Å². The maximum absolute atomic E-state index is 11.8. The molecule has 0 saturated carbocycles. The summed E-state index contributed by atoms with van der Waals surface area (Å²) in [5, 5.41) is 12.9. The molecule has 1 saturated heterocycles. The van der Waals surface area contributed by atoms with E-state index in [2.05, 4.69) is 15.0 Å². The number of carboxylic acid groups (broad SMARTS) is 1. The molecule has 0 aliphatic carbocycles. The summed E-state index contributed by atoms with van der Waals surface area (Å²) in [6.07, 6.45) is 0. The van der Waals surface area contributed by atoms with Crippen LogP contribution in [0.5, 0.6) is 0 Å². The lowest BCUT2D eigenvalue weighted by Gasteiger charge is -2.40. The number of rotatable bonds is 4. The molecule has 1 unspecified atom stereocenters. The predicted octanol–water partition coefficient (Wildman–Crippen LogP) is 0.304. The molecule has 0 radical (unpaired) electrons. The van der Waals surface area contributed by atoms with Gasteiger partial charge in [0.05, 0.1) is 11.6 Å². The summed E-state index contributed by atoms with van der Waals surface area (Å²) in [5.41, 5.74) is 2.12. The zero-order valence-corrected chi connectivity index (χ0v) is 11.7. The van der Waals surface area contributed by atoms with E-state index in [4.69, 9.17) is 5.11 Å². The van der Waals surface area contributed by atoms with Crippen LogP contribution in [0.2, 0.25) is 0 Å². The van der Waals surface area contributed by atoms with E-state index in [-0.39, 0.29) is 17.4 Å². The standard InChI is InChI=1S/C12H14N4O3S/c1-7(11(18)19)8-3-15(4-8)5-9-2-10(17)16-12(14-9)20-6-13-16/h2,6-8H,3-5H2,1H3,(H,18,19). The summed E-state index contributed by atoms with van der Waals surface area (Å²) in [6, 6.07) is 1.49. The van der Waals surface area contributed by atoms with Crippen molar-refractivity contribution in [2.24, 2.45) is 11.8 Å². The van der Waals surface area contributed by atoms with Crippen molar-refractivity contribution in [1.29, 1.82) is 0 Å². The summed E-state index contributed by atoms with van der Waals surface area (Å²) >= 11 is 1.32. The minimum absolute atomic E-state index is 0.178. The molecular weight excluding hydrogens is 280 g/mol. The minimum Gasteiger partial charge on any atom is -0.481 e. The number of nitrogens with zero attached hydrogens (tertiary/aromatic N) is 4. The third-order valence-electron chi connectivity index (χ3n) is 3.71. The summed E-state index contributed by atoms with van der Waals surface area (Å²) in [4.78, 5) is 29.7. The summed E-state index contributed by atoms with van der Waals surface area (Å²) < 4.78 is 1.28. The van der Waals surface area contributed by atoms with Gasteiger partial charge >= 0.3 is 5.97 Å². The second kappa shape index (κ2) is 4.95. The monoisotopic (exact) mass is 294 g/mol. The molecule has 0 spiro atoms. The highest BCUT2D eigenvalue weighted by atomic mass is 32.1. The van der Waals surface area contributed by atoms with Gasteiger partial charge in [-0.25, -0.2) is 4.98 Å². The van der Waals surface area contributed by atoms with Gasteiger partial charge in [-0.3, -0.25) is 14.5 Å². The third kappa shape index (κ3) is 2.32. The Morgan fingerprint density at radius 3 is 3.05 bits per heavy atom. The summed E-state index contributed by atoms with van der Waals surface area (Å²) in [6.45, 7) is 3.78. The topological polar surface area (TPSA) is 87.8 Å². The Morgan fingerprint density at radius 2 is 2.35 bits per heavy atom. The van der Waals surface area contributed by atoms with Crippen LogP contribution in [-0.4, -0.2) is 43.7 Å². The predicted molar refractivity (Wildman–Crippen MR) is 72.7 cm³/mol. The molecular formula is C12H14N4O3S. The fourth-order valence-corrected chi connectivity index (χ4v) is 3.01. The summed E-state index contributed by atoms with van der Waals surface area (Å²) in [7, 11) is 0. The molecule has 0 amide bonds. The lowest BCUT2D eigenvalue weighted by molar-refractivity contribution is -0.145. The fraction of sp³-hybridized carbons (Fsp3) is 0.500. The van der Waals surface area contributed by atoms with Crippen LogP contribution in [-0.2, 0) is 11.3 Å². The first-order valence-corrected chi connectivity index (χ1v) is 7.20. The van der Waals surface area contributed by atoms with Gasteiger partial charge in [0.25, 0.3) is 5.56 Å². The van der Waals surface area contributed by atoms with Crippen molar-refractivity contribution in [2.45, 2.75) is 13.5 Å². The van der Waals surface area contributed by atoms with Crippen LogP contribution in [0.1, 0.15) is 12.6 Å². The van der Waals surface area contributed by atoms with Crippen molar-refractivity contribution in [2.75, 3.05) is 13.1 Å². The lowest BCUT2D eigenvalue weighted by Crippen LogP contribution is -2.50. The normalized spacial score (nSPS) is 18.1. The number of likely N-dealkylation sites (tertiary alicyclic amines) is 1. The molecule has 8 heteroatoms. The van der Waals surface area contributed by atoms with E-state index >= 15 is 0 Å². The Labute approximate surface area is 118 Å². The van der Waals surface area contributed by atoms with Crippen LogP contribution >= 0.6 is 11.3 Å². The molecule has 2 aromatic rings. The van der Waals surface area contributed by atoms with Crippen LogP contribution in [0.4, 0.5) is 0 Å². The first-order chi connectivity index (χ1) is 9.54. The molecule has 0 bridgehead atoms. The van der Waals surface area contributed by atoms with Crippen molar-refractivity contribution in [3.05, 3.63) is 27.6 Å². The zero-order chi connectivity index (χ0) is 14.3. The van der Waals surface area contributed by atoms with E-state index in [1.54, 1.807) is 12.4 Å². The van der Waals surface area contributed by atoms with Gasteiger partial charge in [0, 0.05) is 25.7 Å². The Bertz CT molecular complexity index is 704. The SMILES string of the molecule is CC(C(=O)O)C1CN(Cc2cc(=O)n3ncsc3n2)C1. The van der Waals surface area contributed by atoms with Crippen LogP contribution in [0.25, 0.3) is 4.96 Å². The van der Waals surface area contributed by atoms with Crippen LogP contribution in [0, 0.1) is 11.8 Å². The highest BCUT2D eigenvalue weighted by Gasteiger charge is 2.34. The van der Waals surface area contributed by atoms with Gasteiger partial charge in [-0.05, 0) is 5.92 Å². The van der Waals surface area contributed by atoms with Crippen LogP contribution in [0.15, 0.2) is 16.4 Å². The second-order valence-corrected chi connectivity index (χ2v) is 5.91. The van der Waals surface area contributed by atoms with Gasteiger partial charge in [-0.1, -0.05) is 18.3 Å². The molecule has 1 atom stereocenters. The van der Waals surface area contributed by atoms with Crippen LogP contribution in [0.3, 0.4) is 0 Å². The minimum atomic E-state index is -0.753. The van der Waals surface area contributed by atoms with E-state index < -0.39 is 5.97 Å². The van der Waals surface area contributed by atoms with E-state index in [1.165, 1.54) is 21.9 Å². The molecule has 1 aliphatic heterocycles. The lowest BCUT2D eigenvalue weighted by atomic mass is 9.87. The van der Waals surface area contributed by atoms with Gasteiger partial charge in [0.2, 0.25) is 4.96 Å². The quantitative estimate of drug-likeness (QED) is 0.873. The van der Waals surface area contributed by atoms with Gasteiger partial charge in [0.1, 0.15) is 5.51 Å². The third-order valence-corrected chi connectivity index (χ3v) is 4.38. The van der Waals surface area contributed by atoms with Gasteiger partial charge in [-0.2, -0.15) is 9.61 Å². The average Bonchev–Trinajstić information content (AvgIpc) is 2.81. The van der Waals surface area contributed by atoms with E-state index in [9.17, 15) is 9.59 Å². The number of aliphatic carboxylic acids is 1. The molecule has 20 heavy (non-hydrogen) atoms. The van der Waals surface area contributed by atoms with Gasteiger partial charge < -0.3 is 5.11 Å². The van der Waals surface area contributed by atoms with Crippen molar-refractivity contribution in [3.63, 3.8) is 0 Å². The Balaban J connectivity index is 1.67. The first kappa shape index (κ1) is 13.2. The van der Waals surface area contributed by atoms with Crippen LogP contribution < -0.4 is 5.56 Å². The molecule has 1 N–H and O–H groups in total. The smallest absolute Gasteiger partial charge is 0.306 e. The number of aromatic nitrogens is 3. The molecule has 1 fully saturated rings. The molecule has 7 nitrogen and oxygen atoms in total. The van der Waals surface area contributed by atoms with E-state index in [0.29, 0.717) is 17.2 Å². The van der Waals surface area contributed by atoms with Crippen molar-refractivity contribution in [1.82, 2.24) is 19.5 Å². The highest BCUT2D eigenvalue weighted by Crippen LogP contribution is 2.25. The fourth-order valence-electron chi connectivity index (χ4n) is 2.37. The maximum Gasteiger partial charge on any atom is 0.306 e. The highest BCUT2D eigenvalue weighted by molar-refractivity contribution is 7.14. The number of hydrogen-bond donors (Lipinski definition) is 1. The number of hydrogen-bond acceptors (Lipinski definition) is 6.